The van der Waals surface area contributed by atoms with Crippen LogP contribution in [0.4, 0.5) is 10.2 Å². The van der Waals surface area contributed by atoms with E-state index in [0.29, 0.717) is 18.2 Å². The number of hydrogen-bond donors (Lipinski definition) is 1. The number of nitrogens with one attached hydrogen (secondary N) is 1. The molecular weight excluding hydrogens is 427 g/mol. The SMILES string of the molecule is Cc1cnc(CNc2cc(-c3cncc(-c4ccc(F)cc4)c3)nc(-c3ccccc3)n2)cn1. The number of rotatable bonds is 6. The summed E-state index contributed by atoms with van der Waals surface area (Å²) >= 11 is 0. The third kappa shape index (κ3) is 4.94. The molecule has 0 saturated heterocycles. The van der Waals surface area contributed by atoms with Crippen molar-refractivity contribution in [2.75, 3.05) is 5.32 Å². The highest BCUT2D eigenvalue weighted by atomic mass is 19.1. The van der Waals surface area contributed by atoms with Crippen LogP contribution in [0, 0.1) is 12.7 Å². The molecule has 0 radical (unpaired) electrons. The van der Waals surface area contributed by atoms with Crippen molar-refractivity contribution < 1.29 is 4.39 Å². The normalized spacial score (nSPS) is 10.8. The molecule has 0 spiro atoms. The van der Waals surface area contributed by atoms with Crippen LogP contribution in [0.2, 0.25) is 0 Å². The molecule has 5 aromatic rings. The van der Waals surface area contributed by atoms with Gasteiger partial charge in [0.25, 0.3) is 0 Å². The van der Waals surface area contributed by atoms with Crippen LogP contribution in [0.1, 0.15) is 11.4 Å². The minimum atomic E-state index is -0.273. The fourth-order valence-corrected chi connectivity index (χ4v) is 3.47. The third-order valence-electron chi connectivity index (χ3n) is 5.25. The van der Waals surface area contributed by atoms with Crippen LogP contribution in [0.15, 0.2) is 91.5 Å². The Morgan fingerprint density at radius 3 is 2.29 bits per heavy atom. The van der Waals surface area contributed by atoms with Gasteiger partial charge < -0.3 is 5.32 Å². The molecule has 166 valence electrons. The lowest BCUT2D eigenvalue weighted by molar-refractivity contribution is 0.628. The van der Waals surface area contributed by atoms with Gasteiger partial charge >= 0.3 is 0 Å². The molecule has 34 heavy (non-hydrogen) atoms. The number of pyridine rings is 1. The van der Waals surface area contributed by atoms with E-state index in [2.05, 4.69) is 20.3 Å². The molecule has 7 heteroatoms. The lowest BCUT2D eigenvalue weighted by Crippen LogP contribution is -2.06. The van der Waals surface area contributed by atoms with Gasteiger partial charge in [0.15, 0.2) is 5.82 Å². The van der Waals surface area contributed by atoms with Gasteiger partial charge in [0.05, 0.1) is 29.8 Å². The first-order valence-corrected chi connectivity index (χ1v) is 10.8. The van der Waals surface area contributed by atoms with Crippen molar-refractivity contribution in [1.82, 2.24) is 24.9 Å². The monoisotopic (exact) mass is 448 g/mol. The van der Waals surface area contributed by atoms with Gasteiger partial charge in [0.2, 0.25) is 0 Å². The zero-order valence-corrected chi connectivity index (χ0v) is 18.5. The van der Waals surface area contributed by atoms with Gasteiger partial charge in [-0.05, 0) is 30.7 Å². The molecule has 0 aliphatic rings. The van der Waals surface area contributed by atoms with E-state index < -0.39 is 0 Å². The summed E-state index contributed by atoms with van der Waals surface area (Å²) < 4.78 is 13.4. The molecule has 0 unspecified atom stereocenters. The average Bonchev–Trinajstić information content (AvgIpc) is 2.89. The van der Waals surface area contributed by atoms with Crippen LogP contribution in [0.5, 0.6) is 0 Å². The number of aryl methyl sites for hydroxylation is 1. The number of anilines is 1. The number of halogens is 1. The second-order valence-corrected chi connectivity index (χ2v) is 7.80. The van der Waals surface area contributed by atoms with Crippen molar-refractivity contribution in [3.8, 4) is 33.8 Å². The molecule has 0 amide bonds. The van der Waals surface area contributed by atoms with E-state index in [1.807, 2.05) is 49.4 Å². The summed E-state index contributed by atoms with van der Waals surface area (Å²) in [5, 5.41) is 3.34. The van der Waals surface area contributed by atoms with E-state index in [0.717, 1.165) is 39.3 Å². The number of benzene rings is 2. The molecule has 2 aromatic carbocycles. The molecule has 3 heterocycles. The fraction of sp³-hybridized carbons (Fsp3) is 0.0741. The van der Waals surface area contributed by atoms with Crippen molar-refractivity contribution in [1.29, 1.82) is 0 Å². The molecule has 0 saturated carbocycles. The highest BCUT2D eigenvalue weighted by molar-refractivity contribution is 5.72. The summed E-state index contributed by atoms with van der Waals surface area (Å²) in [6.07, 6.45) is 7.01. The minimum absolute atomic E-state index is 0.273. The molecule has 0 aliphatic carbocycles. The number of hydrogen-bond acceptors (Lipinski definition) is 6. The summed E-state index contributed by atoms with van der Waals surface area (Å²) in [5.74, 6) is 0.992. The average molecular weight is 449 g/mol. The Labute approximate surface area is 196 Å². The molecule has 3 aromatic heterocycles. The maximum atomic E-state index is 13.4. The fourth-order valence-electron chi connectivity index (χ4n) is 3.47. The van der Waals surface area contributed by atoms with Gasteiger partial charge in [0.1, 0.15) is 11.6 Å². The summed E-state index contributed by atoms with van der Waals surface area (Å²) in [6.45, 7) is 2.38. The van der Waals surface area contributed by atoms with Gasteiger partial charge in [-0.2, -0.15) is 0 Å². The van der Waals surface area contributed by atoms with Crippen molar-refractivity contribution in [2.24, 2.45) is 0 Å². The topological polar surface area (TPSA) is 76.5 Å². The maximum absolute atomic E-state index is 13.4. The standard InChI is InChI=1S/C27H21FN6/c1-18-13-31-24(16-30-18)17-32-26-12-25(33-27(34-26)20-5-3-2-4-6-20)22-11-21(14-29-15-22)19-7-9-23(28)10-8-19/h2-16H,17H2,1H3,(H,32,33,34). The largest absolute Gasteiger partial charge is 0.364 e. The van der Waals surface area contributed by atoms with Crippen LogP contribution in [-0.4, -0.2) is 24.9 Å². The van der Waals surface area contributed by atoms with Crippen molar-refractivity contribution >= 4 is 5.82 Å². The Morgan fingerprint density at radius 2 is 1.53 bits per heavy atom. The smallest absolute Gasteiger partial charge is 0.162 e. The predicted molar refractivity (Wildman–Crippen MR) is 130 cm³/mol. The van der Waals surface area contributed by atoms with Crippen LogP contribution >= 0.6 is 0 Å². The number of nitrogens with zero attached hydrogens (tertiary/aromatic N) is 5. The molecule has 5 rings (SSSR count). The van der Waals surface area contributed by atoms with E-state index in [1.54, 1.807) is 36.9 Å². The molecule has 0 fully saturated rings. The van der Waals surface area contributed by atoms with Gasteiger partial charge in [-0.25, -0.2) is 14.4 Å². The quantitative estimate of drug-likeness (QED) is 0.358. The maximum Gasteiger partial charge on any atom is 0.162 e. The van der Waals surface area contributed by atoms with Gasteiger partial charge in [0, 0.05) is 41.3 Å². The van der Waals surface area contributed by atoms with Crippen LogP contribution in [0.3, 0.4) is 0 Å². The summed E-state index contributed by atoms with van der Waals surface area (Å²) in [7, 11) is 0. The zero-order chi connectivity index (χ0) is 23.3. The summed E-state index contributed by atoms with van der Waals surface area (Å²) in [4.78, 5) is 22.6. The van der Waals surface area contributed by atoms with Crippen LogP contribution < -0.4 is 5.32 Å². The van der Waals surface area contributed by atoms with Gasteiger partial charge in [-0.15, -0.1) is 0 Å². The summed E-state index contributed by atoms with van der Waals surface area (Å²) in [5.41, 5.74) is 5.90. The van der Waals surface area contributed by atoms with E-state index in [1.165, 1.54) is 12.1 Å². The lowest BCUT2D eigenvalue weighted by Gasteiger charge is -2.11. The first-order chi connectivity index (χ1) is 16.6. The Balaban J connectivity index is 1.52. The second-order valence-electron chi connectivity index (χ2n) is 7.80. The molecule has 1 N–H and O–H groups in total. The molecular formula is C27H21FN6. The van der Waals surface area contributed by atoms with E-state index in [9.17, 15) is 4.39 Å². The van der Waals surface area contributed by atoms with Crippen LogP contribution in [-0.2, 0) is 6.54 Å². The van der Waals surface area contributed by atoms with Gasteiger partial charge in [-0.3, -0.25) is 15.0 Å². The second kappa shape index (κ2) is 9.54. The third-order valence-corrected chi connectivity index (χ3v) is 5.25. The van der Waals surface area contributed by atoms with Crippen LogP contribution in [0.25, 0.3) is 33.8 Å². The van der Waals surface area contributed by atoms with Gasteiger partial charge in [-0.1, -0.05) is 42.5 Å². The Morgan fingerprint density at radius 1 is 0.735 bits per heavy atom. The molecule has 0 bridgehead atoms. The highest BCUT2D eigenvalue weighted by Crippen LogP contribution is 2.28. The molecule has 6 nitrogen and oxygen atoms in total. The Hall–Kier alpha value is -4.52. The number of aromatic nitrogens is 5. The highest BCUT2D eigenvalue weighted by Gasteiger charge is 2.11. The molecule has 0 aliphatic heterocycles. The predicted octanol–water partition coefficient (Wildman–Crippen LogP) is 5.72. The lowest BCUT2D eigenvalue weighted by atomic mass is 10.0. The minimum Gasteiger partial charge on any atom is -0.364 e. The Kier molecular flexibility index (Phi) is 5.99. The van der Waals surface area contributed by atoms with Crippen molar-refractivity contribution in [3.63, 3.8) is 0 Å². The Bertz CT molecular complexity index is 1400. The summed E-state index contributed by atoms with van der Waals surface area (Å²) in [6, 6.07) is 20.1. The van der Waals surface area contributed by atoms with E-state index >= 15 is 0 Å². The van der Waals surface area contributed by atoms with E-state index in [4.69, 9.17) is 9.97 Å². The van der Waals surface area contributed by atoms with Crippen molar-refractivity contribution in [2.45, 2.75) is 13.5 Å². The first kappa shape index (κ1) is 21.3. The van der Waals surface area contributed by atoms with E-state index in [-0.39, 0.29) is 5.82 Å². The molecule has 0 atom stereocenters. The first-order valence-electron chi connectivity index (χ1n) is 10.8. The zero-order valence-electron chi connectivity index (χ0n) is 18.5. The van der Waals surface area contributed by atoms with Crippen molar-refractivity contribution in [3.05, 3.63) is 109 Å².